The average molecular weight is 339 g/mol. The summed E-state index contributed by atoms with van der Waals surface area (Å²) in [7, 11) is 1.62. The number of nitrogens with zero attached hydrogens (tertiary/aromatic N) is 3. The maximum Gasteiger partial charge on any atom is 0.349 e. The summed E-state index contributed by atoms with van der Waals surface area (Å²) in [5.74, 6) is 0.650. The summed E-state index contributed by atoms with van der Waals surface area (Å²) in [6.07, 6.45) is 1.11. The lowest BCUT2D eigenvalue weighted by Gasteiger charge is -2.09. The molecular formula is C12H11BrN4O3. The molecule has 1 N–H and O–H groups in total. The lowest BCUT2D eigenvalue weighted by Crippen LogP contribution is -2.02. The number of halogens is 1. The lowest BCUT2D eigenvalue weighted by atomic mass is 10.2. The van der Waals surface area contributed by atoms with Crippen molar-refractivity contribution >= 4 is 27.6 Å². The fraction of sp³-hybridized carbons (Fsp3) is 0.167. The largest absolute Gasteiger partial charge is 0.433 e. The Hall–Kier alpha value is -2.22. The Kier molecular flexibility index (Phi) is 4.14. The van der Waals surface area contributed by atoms with Crippen LogP contribution >= 0.6 is 15.9 Å². The number of hydrogen-bond acceptors (Lipinski definition) is 6. The molecule has 0 amide bonds. The third-order valence-corrected chi connectivity index (χ3v) is 2.99. The molecular weight excluding hydrogens is 328 g/mol. The van der Waals surface area contributed by atoms with Crippen molar-refractivity contribution in [3.05, 3.63) is 44.5 Å². The highest BCUT2D eigenvalue weighted by Crippen LogP contribution is 2.32. The number of nitro groups is 1. The molecule has 1 heterocycles. The summed E-state index contributed by atoms with van der Waals surface area (Å²) in [6.45, 7) is 1.84. The molecule has 1 aromatic carbocycles. The van der Waals surface area contributed by atoms with Crippen molar-refractivity contribution in [3.8, 4) is 11.6 Å². The highest BCUT2D eigenvalue weighted by Gasteiger charge is 2.20. The molecule has 0 bridgehead atoms. The highest BCUT2D eigenvalue weighted by atomic mass is 79.9. The predicted molar refractivity (Wildman–Crippen MR) is 77.2 cm³/mol. The molecule has 1 aromatic heterocycles. The van der Waals surface area contributed by atoms with Gasteiger partial charge in [-0.25, -0.2) is 4.98 Å². The van der Waals surface area contributed by atoms with E-state index in [0.717, 1.165) is 16.2 Å². The minimum Gasteiger partial charge on any atom is -0.433 e. The number of aryl methyl sites for hydroxylation is 1. The standard InChI is InChI=1S/C12H11BrN4O3/c1-7-5-8(13)3-4-10(7)20-11-9(17(18)19)6-15-12(14-2)16-11/h3-6H,1-2H3,(H,14,15,16). The van der Waals surface area contributed by atoms with Gasteiger partial charge < -0.3 is 10.1 Å². The van der Waals surface area contributed by atoms with Crippen LogP contribution in [0.2, 0.25) is 0 Å². The zero-order valence-corrected chi connectivity index (χ0v) is 12.3. The van der Waals surface area contributed by atoms with Crippen LogP contribution in [-0.4, -0.2) is 21.9 Å². The Morgan fingerprint density at radius 3 is 2.80 bits per heavy atom. The number of anilines is 1. The molecule has 0 spiro atoms. The minimum atomic E-state index is -0.580. The number of rotatable bonds is 4. The van der Waals surface area contributed by atoms with E-state index in [4.69, 9.17) is 4.74 Å². The summed E-state index contributed by atoms with van der Waals surface area (Å²) in [4.78, 5) is 18.2. The van der Waals surface area contributed by atoms with Crippen LogP contribution in [0.1, 0.15) is 5.56 Å². The zero-order valence-electron chi connectivity index (χ0n) is 10.8. The van der Waals surface area contributed by atoms with Gasteiger partial charge >= 0.3 is 11.6 Å². The Balaban J connectivity index is 2.43. The molecule has 0 aliphatic carbocycles. The lowest BCUT2D eigenvalue weighted by molar-refractivity contribution is -0.386. The minimum absolute atomic E-state index is 0.0974. The number of hydrogen-bond donors (Lipinski definition) is 1. The van der Waals surface area contributed by atoms with Crippen LogP contribution in [-0.2, 0) is 0 Å². The van der Waals surface area contributed by atoms with Gasteiger partial charge in [0.15, 0.2) is 0 Å². The monoisotopic (exact) mass is 338 g/mol. The van der Waals surface area contributed by atoms with Gasteiger partial charge in [-0.2, -0.15) is 4.98 Å². The molecule has 0 radical (unpaired) electrons. The smallest absolute Gasteiger partial charge is 0.349 e. The van der Waals surface area contributed by atoms with Crippen molar-refractivity contribution in [1.82, 2.24) is 9.97 Å². The van der Waals surface area contributed by atoms with Gasteiger partial charge in [-0.1, -0.05) is 15.9 Å². The van der Waals surface area contributed by atoms with Gasteiger partial charge in [-0.15, -0.1) is 0 Å². The van der Waals surface area contributed by atoms with Gasteiger partial charge in [-0.05, 0) is 30.7 Å². The van der Waals surface area contributed by atoms with Crippen molar-refractivity contribution in [3.63, 3.8) is 0 Å². The summed E-state index contributed by atoms with van der Waals surface area (Å²) in [6, 6.07) is 5.35. The number of ether oxygens (including phenoxy) is 1. The van der Waals surface area contributed by atoms with E-state index in [9.17, 15) is 10.1 Å². The van der Waals surface area contributed by atoms with Gasteiger partial charge in [0.1, 0.15) is 11.9 Å². The summed E-state index contributed by atoms with van der Waals surface area (Å²) in [5, 5.41) is 13.7. The van der Waals surface area contributed by atoms with Crippen LogP contribution < -0.4 is 10.1 Å². The quantitative estimate of drug-likeness (QED) is 0.679. The second kappa shape index (κ2) is 5.83. The number of nitrogens with one attached hydrogen (secondary N) is 1. The SMILES string of the molecule is CNc1ncc([N+](=O)[O-])c(Oc2ccc(Br)cc2C)n1. The molecule has 2 aromatic rings. The van der Waals surface area contributed by atoms with E-state index >= 15 is 0 Å². The molecule has 0 aliphatic rings. The van der Waals surface area contributed by atoms with Crippen LogP contribution in [0, 0.1) is 17.0 Å². The topological polar surface area (TPSA) is 90.2 Å². The second-order valence-electron chi connectivity index (χ2n) is 3.90. The van der Waals surface area contributed by atoms with Gasteiger partial charge in [0.2, 0.25) is 5.95 Å². The van der Waals surface area contributed by atoms with Crippen LogP contribution in [0.4, 0.5) is 11.6 Å². The van der Waals surface area contributed by atoms with Crippen LogP contribution in [0.25, 0.3) is 0 Å². The summed E-state index contributed by atoms with van der Waals surface area (Å²) >= 11 is 3.34. The van der Waals surface area contributed by atoms with Crippen LogP contribution in [0.3, 0.4) is 0 Å². The van der Waals surface area contributed by atoms with Gasteiger partial charge in [0.05, 0.1) is 4.92 Å². The van der Waals surface area contributed by atoms with E-state index in [1.54, 1.807) is 19.2 Å². The van der Waals surface area contributed by atoms with Crippen molar-refractivity contribution in [2.24, 2.45) is 0 Å². The van der Waals surface area contributed by atoms with E-state index < -0.39 is 4.92 Å². The second-order valence-corrected chi connectivity index (χ2v) is 4.82. The summed E-state index contributed by atoms with van der Waals surface area (Å²) in [5.41, 5.74) is 0.546. The number of benzene rings is 1. The normalized spacial score (nSPS) is 10.2. The van der Waals surface area contributed by atoms with E-state index in [2.05, 4.69) is 31.2 Å². The Morgan fingerprint density at radius 2 is 2.20 bits per heavy atom. The third kappa shape index (κ3) is 3.02. The first kappa shape index (κ1) is 14.2. The molecule has 0 aliphatic heterocycles. The maximum atomic E-state index is 11.0. The molecule has 0 saturated heterocycles. The fourth-order valence-electron chi connectivity index (χ4n) is 1.51. The molecule has 8 heteroatoms. The molecule has 0 fully saturated rings. The molecule has 0 unspecified atom stereocenters. The first-order valence-electron chi connectivity index (χ1n) is 5.64. The zero-order chi connectivity index (χ0) is 14.7. The predicted octanol–water partition coefficient (Wildman–Crippen LogP) is 3.29. The summed E-state index contributed by atoms with van der Waals surface area (Å²) < 4.78 is 6.44. The Bertz CT molecular complexity index is 663. The highest BCUT2D eigenvalue weighted by molar-refractivity contribution is 9.10. The average Bonchev–Trinajstić information content (AvgIpc) is 2.41. The van der Waals surface area contributed by atoms with Crippen molar-refractivity contribution in [1.29, 1.82) is 0 Å². The first-order valence-corrected chi connectivity index (χ1v) is 6.43. The number of aromatic nitrogens is 2. The van der Waals surface area contributed by atoms with E-state index in [0.29, 0.717) is 5.75 Å². The van der Waals surface area contributed by atoms with Gasteiger partial charge in [-0.3, -0.25) is 10.1 Å². The molecule has 7 nitrogen and oxygen atoms in total. The molecule has 0 saturated carbocycles. The van der Waals surface area contributed by atoms with E-state index in [-0.39, 0.29) is 17.5 Å². The Morgan fingerprint density at radius 1 is 1.45 bits per heavy atom. The van der Waals surface area contributed by atoms with E-state index in [1.165, 1.54) is 0 Å². The van der Waals surface area contributed by atoms with Crippen LogP contribution in [0.5, 0.6) is 11.6 Å². The third-order valence-electron chi connectivity index (χ3n) is 2.50. The molecule has 2 rings (SSSR count). The Labute approximate surface area is 123 Å². The molecule has 20 heavy (non-hydrogen) atoms. The van der Waals surface area contributed by atoms with Crippen LogP contribution in [0.15, 0.2) is 28.9 Å². The fourth-order valence-corrected chi connectivity index (χ4v) is 1.99. The molecule has 104 valence electrons. The van der Waals surface area contributed by atoms with Gasteiger partial charge in [0, 0.05) is 11.5 Å². The maximum absolute atomic E-state index is 11.0. The molecule has 0 atom stereocenters. The van der Waals surface area contributed by atoms with E-state index in [1.807, 2.05) is 13.0 Å². The van der Waals surface area contributed by atoms with Crippen molar-refractivity contribution in [2.75, 3.05) is 12.4 Å². The van der Waals surface area contributed by atoms with Crippen molar-refractivity contribution in [2.45, 2.75) is 6.92 Å². The van der Waals surface area contributed by atoms with Crippen molar-refractivity contribution < 1.29 is 9.66 Å². The van der Waals surface area contributed by atoms with Gasteiger partial charge in [0.25, 0.3) is 0 Å². The first-order chi connectivity index (χ1) is 9.51.